The molecule has 1 aromatic heterocycles. The zero-order chi connectivity index (χ0) is 18.2. The highest BCUT2D eigenvalue weighted by atomic mass is 16.5. The first-order valence-electron chi connectivity index (χ1n) is 9.88. The third kappa shape index (κ3) is 5.24. The fraction of sp³-hybridized carbons (Fsp3) is 0.571. The lowest BCUT2D eigenvalue weighted by molar-refractivity contribution is -0.121. The van der Waals surface area contributed by atoms with Crippen LogP contribution in [0.4, 0.5) is 0 Å². The number of nitrogens with zero attached hydrogens (tertiary/aromatic N) is 2. The van der Waals surface area contributed by atoms with Crippen molar-refractivity contribution in [1.82, 2.24) is 14.8 Å². The minimum atomic E-state index is 0.0781. The van der Waals surface area contributed by atoms with Gasteiger partial charge < -0.3 is 19.5 Å². The molecule has 1 saturated heterocycles. The van der Waals surface area contributed by atoms with E-state index in [1.54, 1.807) is 7.11 Å². The Hall–Kier alpha value is -2.01. The third-order valence-corrected chi connectivity index (χ3v) is 5.21. The lowest BCUT2D eigenvalue weighted by atomic mass is 10.1. The van der Waals surface area contributed by atoms with Gasteiger partial charge in [-0.25, -0.2) is 0 Å². The number of rotatable bonds is 9. The normalized spacial score (nSPS) is 15.3. The quantitative estimate of drug-likeness (QED) is 0.700. The van der Waals surface area contributed by atoms with Gasteiger partial charge in [-0.15, -0.1) is 0 Å². The summed E-state index contributed by atoms with van der Waals surface area (Å²) in [6, 6.07) is 7.94. The number of ether oxygens (including phenoxy) is 1. The highest BCUT2D eigenvalue weighted by Gasteiger charge is 2.09. The van der Waals surface area contributed by atoms with Crippen LogP contribution in [0, 0.1) is 0 Å². The van der Waals surface area contributed by atoms with Crippen LogP contribution in [0.15, 0.2) is 30.5 Å². The predicted molar refractivity (Wildman–Crippen MR) is 106 cm³/mol. The number of carbonyl (C=O) groups is 1. The number of piperidine rings is 1. The second kappa shape index (κ2) is 9.62. The Bertz CT molecular complexity index is 704. The van der Waals surface area contributed by atoms with Gasteiger partial charge in [0.05, 0.1) is 7.11 Å². The molecule has 2 aromatic rings. The Kier molecular flexibility index (Phi) is 6.95. The molecule has 0 saturated carbocycles. The minimum absolute atomic E-state index is 0.0781. The largest absolute Gasteiger partial charge is 0.497 e. The van der Waals surface area contributed by atoms with E-state index >= 15 is 0 Å². The average Bonchev–Trinajstić information content (AvgIpc) is 3.07. The topological polar surface area (TPSA) is 46.5 Å². The zero-order valence-corrected chi connectivity index (χ0v) is 15.9. The van der Waals surface area contributed by atoms with Crippen molar-refractivity contribution in [3.05, 3.63) is 30.5 Å². The Morgan fingerprint density at radius 1 is 1.12 bits per heavy atom. The van der Waals surface area contributed by atoms with Crippen molar-refractivity contribution in [2.75, 3.05) is 33.3 Å². The molecule has 26 heavy (non-hydrogen) atoms. The Morgan fingerprint density at radius 3 is 2.77 bits per heavy atom. The first-order chi connectivity index (χ1) is 12.8. The molecule has 0 radical (unpaired) electrons. The molecule has 1 aliphatic rings. The highest BCUT2D eigenvalue weighted by molar-refractivity contribution is 5.84. The minimum Gasteiger partial charge on any atom is -0.497 e. The molecule has 1 N–H and O–H groups in total. The van der Waals surface area contributed by atoms with Crippen LogP contribution < -0.4 is 10.1 Å². The van der Waals surface area contributed by atoms with Crippen LogP contribution in [0.25, 0.3) is 10.9 Å². The van der Waals surface area contributed by atoms with Crippen LogP contribution >= 0.6 is 0 Å². The average molecular weight is 357 g/mol. The summed E-state index contributed by atoms with van der Waals surface area (Å²) in [6.45, 7) is 4.89. The van der Waals surface area contributed by atoms with E-state index in [-0.39, 0.29) is 5.91 Å². The molecule has 3 rings (SSSR count). The molecule has 1 amide bonds. The van der Waals surface area contributed by atoms with E-state index in [1.807, 2.05) is 35.0 Å². The highest BCUT2D eigenvalue weighted by Crippen LogP contribution is 2.21. The molecule has 1 aromatic carbocycles. The van der Waals surface area contributed by atoms with Gasteiger partial charge in [-0.3, -0.25) is 4.79 Å². The Labute approximate surface area is 156 Å². The number of fused-ring (bicyclic) bond motifs is 1. The fourth-order valence-electron chi connectivity index (χ4n) is 3.70. The molecule has 0 atom stereocenters. The van der Waals surface area contributed by atoms with E-state index in [1.165, 1.54) is 51.7 Å². The molecule has 0 bridgehead atoms. The van der Waals surface area contributed by atoms with Gasteiger partial charge in [0.1, 0.15) is 12.3 Å². The molecule has 142 valence electrons. The van der Waals surface area contributed by atoms with Gasteiger partial charge >= 0.3 is 0 Å². The molecule has 0 aliphatic carbocycles. The number of unbranched alkanes of at least 4 members (excludes halogenated alkanes) is 2. The van der Waals surface area contributed by atoms with Gasteiger partial charge in [-0.05, 0) is 69.6 Å². The molecule has 2 heterocycles. The van der Waals surface area contributed by atoms with Crippen molar-refractivity contribution in [3.63, 3.8) is 0 Å². The Balaban J connectivity index is 1.34. The number of likely N-dealkylation sites (tertiary alicyclic amines) is 1. The zero-order valence-electron chi connectivity index (χ0n) is 15.9. The summed E-state index contributed by atoms with van der Waals surface area (Å²) in [6.07, 6.45) is 9.55. The van der Waals surface area contributed by atoms with Crippen LogP contribution in [0.3, 0.4) is 0 Å². The van der Waals surface area contributed by atoms with Crippen molar-refractivity contribution < 1.29 is 9.53 Å². The number of carbonyl (C=O) groups excluding carboxylic acids is 1. The summed E-state index contributed by atoms with van der Waals surface area (Å²) < 4.78 is 7.23. The standard InChI is InChI=1S/C21H31N3O2/c1-26-19-8-9-20-18(16-19)10-15-24(20)17-21(25)22-11-4-2-5-12-23-13-6-3-7-14-23/h8-10,15-16H,2-7,11-14,17H2,1H3,(H,22,25). The van der Waals surface area contributed by atoms with E-state index in [9.17, 15) is 4.79 Å². The maximum atomic E-state index is 12.2. The first kappa shape index (κ1) is 18.8. The molecule has 1 aliphatic heterocycles. The van der Waals surface area contributed by atoms with Crippen molar-refractivity contribution in [3.8, 4) is 5.75 Å². The van der Waals surface area contributed by atoms with Crippen molar-refractivity contribution in [2.45, 2.75) is 45.1 Å². The Morgan fingerprint density at radius 2 is 1.96 bits per heavy atom. The van der Waals surface area contributed by atoms with E-state index < -0.39 is 0 Å². The summed E-state index contributed by atoms with van der Waals surface area (Å²) >= 11 is 0. The van der Waals surface area contributed by atoms with Gasteiger partial charge in [-0.1, -0.05) is 12.8 Å². The summed E-state index contributed by atoms with van der Waals surface area (Å²) in [7, 11) is 1.66. The maximum absolute atomic E-state index is 12.2. The molecular formula is C21H31N3O2. The van der Waals surface area contributed by atoms with Gasteiger partial charge in [0.25, 0.3) is 0 Å². The van der Waals surface area contributed by atoms with Crippen LogP contribution in [-0.4, -0.2) is 48.7 Å². The lowest BCUT2D eigenvalue weighted by Crippen LogP contribution is -2.31. The smallest absolute Gasteiger partial charge is 0.239 e. The summed E-state index contributed by atoms with van der Waals surface area (Å²) in [5.74, 6) is 0.915. The first-order valence-corrected chi connectivity index (χ1v) is 9.88. The summed E-state index contributed by atoms with van der Waals surface area (Å²) in [4.78, 5) is 14.8. The predicted octanol–water partition coefficient (Wildman–Crippen LogP) is 3.42. The third-order valence-electron chi connectivity index (χ3n) is 5.21. The van der Waals surface area contributed by atoms with Crippen LogP contribution in [0.2, 0.25) is 0 Å². The van der Waals surface area contributed by atoms with Gasteiger partial charge in [0, 0.05) is 23.6 Å². The SMILES string of the molecule is COc1ccc2c(ccn2CC(=O)NCCCCCN2CCCCC2)c1. The van der Waals surface area contributed by atoms with Gasteiger partial charge in [0.2, 0.25) is 5.91 Å². The molecule has 0 unspecified atom stereocenters. The molecule has 1 fully saturated rings. The lowest BCUT2D eigenvalue weighted by Gasteiger charge is -2.26. The maximum Gasteiger partial charge on any atom is 0.239 e. The van der Waals surface area contributed by atoms with E-state index in [0.29, 0.717) is 6.54 Å². The molecule has 0 spiro atoms. The number of aromatic nitrogens is 1. The van der Waals surface area contributed by atoms with Crippen LogP contribution in [0.1, 0.15) is 38.5 Å². The van der Waals surface area contributed by atoms with Gasteiger partial charge in [-0.2, -0.15) is 0 Å². The van der Waals surface area contributed by atoms with Gasteiger partial charge in [0.15, 0.2) is 0 Å². The summed E-state index contributed by atoms with van der Waals surface area (Å²) in [5, 5.41) is 4.14. The fourth-order valence-corrected chi connectivity index (χ4v) is 3.70. The van der Waals surface area contributed by atoms with Crippen molar-refractivity contribution >= 4 is 16.8 Å². The number of methoxy groups -OCH3 is 1. The van der Waals surface area contributed by atoms with E-state index in [0.717, 1.165) is 29.6 Å². The molecular weight excluding hydrogens is 326 g/mol. The molecule has 5 heteroatoms. The molecule has 5 nitrogen and oxygen atoms in total. The number of hydrogen-bond acceptors (Lipinski definition) is 3. The number of hydrogen-bond donors (Lipinski definition) is 1. The van der Waals surface area contributed by atoms with E-state index in [4.69, 9.17) is 4.74 Å². The number of amides is 1. The monoisotopic (exact) mass is 357 g/mol. The number of benzene rings is 1. The van der Waals surface area contributed by atoms with E-state index in [2.05, 4.69) is 10.2 Å². The second-order valence-electron chi connectivity index (χ2n) is 7.18. The van der Waals surface area contributed by atoms with Crippen molar-refractivity contribution in [1.29, 1.82) is 0 Å². The van der Waals surface area contributed by atoms with Crippen LogP contribution in [0.5, 0.6) is 5.75 Å². The summed E-state index contributed by atoms with van der Waals surface area (Å²) in [5.41, 5.74) is 1.06. The number of nitrogens with one attached hydrogen (secondary N) is 1. The van der Waals surface area contributed by atoms with Crippen LogP contribution in [-0.2, 0) is 11.3 Å². The second-order valence-corrected chi connectivity index (χ2v) is 7.18. The van der Waals surface area contributed by atoms with Crippen molar-refractivity contribution in [2.24, 2.45) is 0 Å².